The maximum absolute atomic E-state index is 10.2. The number of allylic oxidation sites excluding steroid dienone is 2. The summed E-state index contributed by atoms with van der Waals surface area (Å²) in [5, 5.41) is 0. The molecule has 1 atom stereocenters. The summed E-state index contributed by atoms with van der Waals surface area (Å²) >= 11 is 0. The van der Waals surface area contributed by atoms with Gasteiger partial charge in [0.05, 0.1) is 7.11 Å². The molecule has 15 heavy (non-hydrogen) atoms. The smallest absolute Gasteiger partial charge is 0.142 e. The lowest BCUT2D eigenvalue weighted by atomic mass is 10.0. The Morgan fingerprint density at radius 2 is 2.27 bits per heavy atom. The second-order valence-electron chi connectivity index (χ2n) is 3.55. The van der Waals surface area contributed by atoms with Gasteiger partial charge in [-0.1, -0.05) is 25.1 Å². The molecule has 1 unspecified atom stereocenters. The van der Waals surface area contributed by atoms with Gasteiger partial charge in [-0.15, -0.1) is 0 Å². The molecule has 80 valence electrons. The van der Waals surface area contributed by atoms with E-state index in [1.54, 1.807) is 13.2 Å². The molecule has 2 heteroatoms. The Balaban J connectivity index is 2.63. The maximum atomic E-state index is 10.2. The molecule has 1 aromatic carbocycles. The number of ether oxygens (including phenoxy) is 1. The predicted molar refractivity (Wildman–Crippen MR) is 61.1 cm³/mol. The lowest BCUT2D eigenvalue weighted by Gasteiger charge is -2.07. The maximum Gasteiger partial charge on any atom is 0.142 e. The van der Waals surface area contributed by atoms with E-state index < -0.39 is 0 Å². The third-order valence-corrected chi connectivity index (χ3v) is 2.21. The number of hydrogen-bond acceptors (Lipinski definition) is 2. The molecule has 0 saturated heterocycles. The molecule has 0 spiro atoms. The van der Waals surface area contributed by atoms with Gasteiger partial charge >= 0.3 is 0 Å². The van der Waals surface area contributed by atoms with E-state index in [0.717, 1.165) is 18.5 Å². The van der Waals surface area contributed by atoms with Crippen LogP contribution in [0.4, 0.5) is 0 Å². The van der Waals surface area contributed by atoms with Crippen molar-refractivity contribution in [1.29, 1.82) is 0 Å². The van der Waals surface area contributed by atoms with Crippen LogP contribution in [0.5, 0.6) is 5.75 Å². The van der Waals surface area contributed by atoms with Crippen LogP contribution >= 0.6 is 0 Å². The highest BCUT2D eigenvalue weighted by molar-refractivity contribution is 5.64. The zero-order valence-electron chi connectivity index (χ0n) is 9.14. The molecular weight excluding hydrogens is 188 g/mol. The van der Waals surface area contributed by atoms with Crippen molar-refractivity contribution < 1.29 is 9.53 Å². The van der Waals surface area contributed by atoms with E-state index in [9.17, 15) is 4.79 Å². The summed E-state index contributed by atoms with van der Waals surface area (Å²) in [5.74, 6) is 1.24. The van der Waals surface area contributed by atoms with Crippen molar-refractivity contribution in [2.75, 3.05) is 7.11 Å². The van der Waals surface area contributed by atoms with Crippen molar-refractivity contribution in [3.63, 3.8) is 0 Å². The third-order valence-electron chi connectivity index (χ3n) is 2.21. The van der Waals surface area contributed by atoms with Crippen LogP contribution in [0, 0.1) is 5.92 Å². The molecule has 1 aromatic rings. The van der Waals surface area contributed by atoms with Gasteiger partial charge in [0, 0.05) is 0 Å². The molecule has 0 heterocycles. The SMILES string of the molecule is COc1cccc(CC(C)C=CC=O)c1. The first-order valence-electron chi connectivity index (χ1n) is 5.01. The number of rotatable bonds is 5. The van der Waals surface area contributed by atoms with E-state index in [1.807, 2.05) is 24.3 Å². The molecule has 2 nitrogen and oxygen atoms in total. The highest BCUT2D eigenvalue weighted by atomic mass is 16.5. The number of methoxy groups -OCH3 is 1. The van der Waals surface area contributed by atoms with Crippen LogP contribution in [0.15, 0.2) is 36.4 Å². The van der Waals surface area contributed by atoms with Crippen LogP contribution < -0.4 is 4.74 Å². The summed E-state index contributed by atoms with van der Waals surface area (Å²) in [6, 6.07) is 7.98. The van der Waals surface area contributed by atoms with Gasteiger partial charge in [-0.2, -0.15) is 0 Å². The fourth-order valence-corrected chi connectivity index (χ4v) is 1.47. The quantitative estimate of drug-likeness (QED) is 0.544. The van der Waals surface area contributed by atoms with Crippen LogP contribution in [-0.2, 0) is 11.2 Å². The van der Waals surface area contributed by atoms with Crippen LogP contribution in [0.2, 0.25) is 0 Å². The minimum atomic E-state index is 0.363. The number of hydrogen-bond donors (Lipinski definition) is 0. The van der Waals surface area contributed by atoms with Gasteiger partial charge < -0.3 is 4.74 Å². The summed E-state index contributed by atoms with van der Waals surface area (Å²) < 4.78 is 5.14. The van der Waals surface area contributed by atoms with Crippen molar-refractivity contribution in [1.82, 2.24) is 0 Å². The van der Waals surface area contributed by atoms with Gasteiger partial charge in [0.15, 0.2) is 0 Å². The van der Waals surface area contributed by atoms with E-state index in [2.05, 4.69) is 13.0 Å². The molecule has 0 aliphatic heterocycles. The molecule has 0 saturated carbocycles. The summed E-state index contributed by atoms with van der Waals surface area (Å²) in [7, 11) is 1.66. The van der Waals surface area contributed by atoms with Gasteiger partial charge in [0.2, 0.25) is 0 Å². The van der Waals surface area contributed by atoms with Crippen molar-refractivity contribution >= 4 is 6.29 Å². The predicted octanol–water partition coefficient (Wildman–Crippen LogP) is 2.63. The Bertz CT molecular complexity index is 342. The fourth-order valence-electron chi connectivity index (χ4n) is 1.47. The van der Waals surface area contributed by atoms with E-state index in [0.29, 0.717) is 5.92 Å². The lowest BCUT2D eigenvalue weighted by Crippen LogP contribution is -1.96. The Morgan fingerprint density at radius 3 is 2.93 bits per heavy atom. The van der Waals surface area contributed by atoms with Crippen molar-refractivity contribution in [2.45, 2.75) is 13.3 Å². The van der Waals surface area contributed by atoms with E-state index in [4.69, 9.17) is 4.74 Å². The summed E-state index contributed by atoms with van der Waals surface area (Å²) in [5.41, 5.74) is 1.22. The zero-order valence-corrected chi connectivity index (χ0v) is 9.14. The van der Waals surface area contributed by atoms with E-state index in [1.165, 1.54) is 5.56 Å². The first-order chi connectivity index (χ1) is 7.26. The molecular formula is C13H16O2. The summed E-state index contributed by atoms with van der Waals surface area (Å²) in [6.07, 6.45) is 5.18. The minimum absolute atomic E-state index is 0.363. The van der Waals surface area contributed by atoms with Gasteiger partial charge in [-0.25, -0.2) is 0 Å². The number of carbonyl (C=O) groups is 1. The number of aldehydes is 1. The topological polar surface area (TPSA) is 26.3 Å². The monoisotopic (exact) mass is 204 g/mol. The molecule has 0 N–H and O–H groups in total. The molecule has 0 aliphatic carbocycles. The highest BCUT2D eigenvalue weighted by Crippen LogP contribution is 2.16. The first-order valence-corrected chi connectivity index (χ1v) is 5.01. The van der Waals surface area contributed by atoms with Gasteiger partial charge in [0.25, 0.3) is 0 Å². The molecule has 0 radical (unpaired) electrons. The summed E-state index contributed by atoms with van der Waals surface area (Å²) in [6.45, 7) is 2.08. The minimum Gasteiger partial charge on any atom is -0.497 e. The van der Waals surface area contributed by atoms with Crippen molar-refractivity contribution in [3.8, 4) is 5.75 Å². The molecule has 1 rings (SSSR count). The molecule has 0 aliphatic rings. The molecule has 0 aromatic heterocycles. The Kier molecular flexibility index (Phi) is 4.61. The molecule has 0 fully saturated rings. The fraction of sp³-hybridized carbons (Fsp3) is 0.308. The average molecular weight is 204 g/mol. The normalized spacial score (nSPS) is 12.7. The van der Waals surface area contributed by atoms with Crippen molar-refractivity contribution in [2.24, 2.45) is 5.92 Å². The average Bonchev–Trinajstić information content (AvgIpc) is 2.26. The second-order valence-corrected chi connectivity index (χ2v) is 3.55. The molecule has 0 amide bonds. The first kappa shape index (κ1) is 11.5. The highest BCUT2D eigenvalue weighted by Gasteiger charge is 2.00. The third kappa shape index (κ3) is 3.98. The second kappa shape index (κ2) is 6.02. The largest absolute Gasteiger partial charge is 0.497 e. The van der Waals surface area contributed by atoms with Crippen LogP contribution in [0.3, 0.4) is 0 Å². The van der Waals surface area contributed by atoms with Crippen LogP contribution in [0.25, 0.3) is 0 Å². The number of carbonyl (C=O) groups excluding carboxylic acids is 1. The van der Waals surface area contributed by atoms with Crippen LogP contribution in [-0.4, -0.2) is 13.4 Å². The van der Waals surface area contributed by atoms with Gasteiger partial charge in [-0.05, 0) is 36.1 Å². The van der Waals surface area contributed by atoms with Gasteiger partial charge in [0.1, 0.15) is 12.0 Å². The Morgan fingerprint density at radius 1 is 1.47 bits per heavy atom. The number of benzene rings is 1. The van der Waals surface area contributed by atoms with E-state index >= 15 is 0 Å². The summed E-state index contributed by atoms with van der Waals surface area (Å²) in [4.78, 5) is 10.2. The lowest BCUT2D eigenvalue weighted by molar-refractivity contribution is -0.104. The Hall–Kier alpha value is -1.57. The van der Waals surface area contributed by atoms with Gasteiger partial charge in [-0.3, -0.25) is 4.79 Å². The molecule has 0 bridgehead atoms. The van der Waals surface area contributed by atoms with E-state index in [-0.39, 0.29) is 0 Å². The van der Waals surface area contributed by atoms with Crippen LogP contribution in [0.1, 0.15) is 12.5 Å². The van der Waals surface area contributed by atoms with Crippen molar-refractivity contribution in [3.05, 3.63) is 42.0 Å². The Labute approximate surface area is 90.6 Å². The zero-order chi connectivity index (χ0) is 11.1. The standard InChI is InChI=1S/C13H16O2/c1-11(5-4-8-14)9-12-6-3-7-13(10-12)15-2/h3-8,10-11H,9H2,1-2H3.